The minimum absolute atomic E-state index is 0.287. The molecule has 0 aliphatic carbocycles. The number of hydrogen-bond donors (Lipinski definition) is 2. The molecule has 6 heteroatoms. The number of nitrogens with two attached hydrogens (primary N) is 1. The van der Waals surface area contributed by atoms with Gasteiger partial charge in [-0.2, -0.15) is 0 Å². The van der Waals surface area contributed by atoms with Crippen LogP contribution in [0.3, 0.4) is 0 Å². The van der Waals surface area contributed by atoms with E-state index in [2.05, 4.69) is 9.97 Å². The second-order valence-electron chi connectivity index (χ2n) is 3.59. The number of methoxy groups -OCH3 is 1. The summed E-state index contributed by atoms with van der Waals surface area (Å²) in [5.41, 5.74) is 6.50. The van der Waals surface area contributed by atoms with E-state index in [4.69, 9.17) is 15.2 Å². The summed E-state index contributed by atoms with van der Waals surface area (Å²) in [6, 6.07) is -0.681. The molecule has 0 aromatic carbocycles. The Morgan fingerprint density at radius 3 is 3.00 bits per heavy atom. The van der Waals surface area contributed by atoms with Gasteiger partial charge in [-0.15, -0.1) is 0 Å². The van der Waals surface area contributed by atoms with Gasteiger partial charge < -0.3 is 20.2 Å². The number of aromatic nitrogens is 2. The Bertz CT molecular complexity index is 313. The van der Waals surface area contributed by atoms with E-state index in [1.165, 1.54) is 0 Å². The van der Waals surface area contributed by atoms with Crippen molar-refractivity contribution in [2.24, 2.45) is 5.73 Å². The van der Waals surface area contributed by atoms with Gasteiger partial charge >= 0.3 is 5.97 Å². The van der Waals surface area contributed by atoms with E-state index >= 15 is 0 Å². The molecule has 0 saturated heterocycles. The summed E-state index contributed by atoms with van der Waals surface area (Å²) in [5.74, 6) is -0.431. The van der Waals surface area contributed by atoms with Crippen molar-refractivity contribution in [3.05, 3.63) is 18.2 Å². The van der Waals surface area contributed by atoms with Gasteiger partial charge in [0.05, 0.1) is 12.9 Å². The molecule has 1 aromatic rings. The minimum atomic E-state index is -0.681. The van der Waals surface area contributed by atoms with Crippen LogP contribution in [0.15, 0.2) is 12.5 Å². The molecule has 16 heavy (non-hydrogen) atoms. The van der Waals surface area contributed by atoms with Crippen LogP contribution >= 0.6 is 0 Å². The van der Waals surface area contributed by atoms with Gasteiger partial charge in [0.15, 0.2) is 0 Å². The van der Waals surface area contributed by atoms with Crippen LogP contribution in [0.25, 0.3) is 0 Å². The predicted molar refractivity (Wildman–Crippen MR) is 57.7 cm³/mol. The Hall–Kier alpha value is -1.40. The van der Waals surface area contributed by atoms with Crippen molar-refractivity contribution < 1.29 is 14.3 Å². The SMILES string of the molecule is COCC(C)OC(=O)C(N)Cc1cnc[nH]1. The maximum Gasteiger partial charge on any atom is 0.323 e. The summed E-state index contributed by atoms with van der Waals surface area (Å²) in [7, 11) is 1.55. The number of hydrogen-bond acceptors (Lipinski definition) is 5. The molecule has 3 N–H and O–H groups in total. The Morgan fingerprint density at radius 1 is 1.69 bits per heavy atom. The van der Waals surface area contributed by atoms with Crippen molar-refractivity contribution >= 4 is 5.97 Å². The Morgan fingerprint density at radius 2 is 2.44 bits per heavy atom. The molecule has 0 saturated carbocycles. The lowest BCUT2D eigenvalue weighted by Crippen LogP contribution is -2.37. The standard InChI is InChI=1S/C10H17N3O3/c1-7(5-15-2)16-10(14)9(11)3-8-4-12-6-13-8/h4,6-7,9H,3,5,11H2,1-2H3,(H,12,13). The fraction of sp³-hybridized carbons (Fsp3) is 0.600. The number of ether oxygens (including phenoxy) is 2. The second kappa shape index (κ2) is 6.24. The summed E-state index contributed by atoms with van der Waals surface area (Å²) >= 11 is 0. The smallest absolute Gasteiger partial charge is 0.323 e. The average Bonchev–Trinajstić information content (AvgIpc) is 2.70. The number of carbonyl (C=O) groups excluding carboxylic acids is 1. The maximum atomic E-state index is 11.5. The van der Waals surface area contributed by atoms with Crippen LogP contribution in [0.1, 0.15) is 12.6 Å². The minimum Gasteiger partial charge on any atom is -0.459 e. The zero-order valence-electron chi connectivity index (χ0n) is 9.47. The number of nitrogens with zero attached hydrogens (tertiary/aromatic N) is 1. The van der Waals surface area contributed by atoms with E-state index in [1.807, 2.05) is 0 Å². The highest BCUT2D eigenvalue weighted by atomic mass is 16.6. The maximum absolute atomic E-state index is 11.5. The largest absolute Gasteiger partial charge is 0.459 e. The molecule has 1 aromatic heterocycles. The van der Waals surface area contributed by atoms with E-state index in [0.29, 0.717) is 13.0 Å². The summed E-state index contributed by atoms with van der Waals surface area (Å²) in [5, 5.41) is 0. The molecule has 0 amide bonds. The molecular formula is C10H17N3O3. The molecule has 0 aliphatic rings. The van der Waals surface area contributed by atoms with Gasteiger partial charge in [0.2, 0.25) is 0 Å². The number of imidazole rings is 1. The molecule has 0 radical (unpaired) electrons. The zero-order valence-corrected chi connectivity index (χ0v) is 9.47. The molecule has 0 bridgehead atoms. The number of esters is 1. The molecule has 0 fully saturated rings. The summed E-state index contributed by atoms with van der Waals surface area (Å²) in [6.07, 6.45) is 3.27. The fourth-order valence-corrected chi connectivity index (χ4v) is 1.27. The number of H-pyrrole nitrogens is 1. The topological polar surface area (TPSA) is 90.2 Å². The third-order valence-electron chi connectivity index (χ3n) is 2.02. The molecule has 1 rings (SSSR count). The van der Waals surface area contributed by atoms with Crippen molar-refractivity contribution in [3.8, 4) is 0 Å². The zero-order chi connectivity index (χ0) is 12.0. The molecule has 1 heterocycles. The number of aromatic amines is 1. The normalized spacial score (nSPS) is 14.4. The predicted octanol–water partition coefficient (Wildman–Crippen LogP) is -0.142. The van der Waals surface area contributed by atoms with E-state index < -0.39 is 12.0 Å². The van der Waals surface area contributed by atoms with Gasteiger partial charge in [-0.1, -0.05) is 0 Å². The van der Waals surface area contributed by atoms with E-state index in [0.717, 1.165) is 5.69 Å². The first-order valence-electron chi connectivity index (χ1n) is 5.05. The first kappa shape index (κ1) is 12.7. The lowest BCUT2D eigenvalue weighted by atomic mass is 10.2. The average molecular weight is 227 g/mol. The fourth-order valence-electron chi connectivity index (χ4n) is 1.27. The molecular weight excluding hydrogens is 210 g/mol. The second-order valence-corrected chi connectivity index (χ2v) is 3.59. The number of nitrogens with one attached hydrogen (secondary N) is 1. The van der Waals surface area contributed by atoms with E-state index in [-0.39, 0.29) is 6.10 Å². The van der Waals surface area contributed by atoms with Crippen molar-refractivity contribution in [2.75, 3.05) is 13.7 Å². The lowest BCUT2D eigenvalue weighted by Gasteiger charge is -2.15. The number of rotatable bonds is 6. The highest BCUT2D eigenvalue weighted by Gasteiger charge is 2.18. The quantitative estimate of drug-likeness (QED) is 0.660. The molecule has 2 unspecified atom stereocenters. The van der Waals surface area contributed by atoms with Gasteiger partial charge in [0, 0.05) is 25.4 Å². The highest BCUT2D eigenvalue weighted by molar-refractivity contribution is 5.75. The highest BCUT2D eigenvalue weighted by Crippen LogP contribution is 2.00. The Kier molecular flexibility index (Phi) is 4.94. The molecule has 90 valence electrons. The first-order chi connectivity index (χ1) is 7.63. The van der Waals surface area contributed by atoms with Gasteiger partial charge in [-0.3, -0.25) is 4.79 Å². The van der Waals surface area contributed by atoms with Gasteiger partial charge in [-0.25, -0.2) is 4.98 Å². The summed E-state index contributed by atoms with van der Waals surface area (Å²) in [6.45, 7) is 2.12. The Balaban J connectivity index is 2.36. The van der Waals surface area contributed by atoms with Crippen molar-refractivity contribution in [2.45, 2.75) is 25.5 Å². The van der Waals surface area contributed by atoms with Crippen LogP contribution in [0.4, 0.5) is 0 Å². The molecule has 6 nitrogen and oxygen atoms in total. The molecule has 0 aliphatic heterocycles. The van der Waals surface area contributed by atoms with E-state index in [1.54, 1.807) is 26.6 Å². The van der Waals surface area contributed by atoms with Crippen molar-refractivity contribution in [1.82, 2.24) is 9.97 Å². The van der Waals surface area contributed by atoms with Crippen LogP contribution in [-0.4, -0.2) is 41.8 Å². The van der Waals surface area contributed by atoms with Crippen molar-refractivity contribution in [1.29, 1.82) is 0 Å². The van der Waals surface area contributed by atoms with Crippen LogP contribution in [0.2, 0.25) is 0 Å². The third-order valence-corrected chi connectivity index (χ3v) is 2.02. The van der Waals surface area contributed by atoms with Crippen LogP contribution in [0, 0.1) is 0 Å². The van der Waals surface area contributed by atoms with Gasteiger partial charge in [-0.05, 0) is 6.92 Å². The summed E-state index contributed by atoms with van der Waals surface area (Å²) < 4.78 is 9.93. The Labute approximate surface area is 94.1 Å². The van der Waals surface area contributed by atoms with Crippen LogP contribution in [0.5, 0.6) is 0 Å². The van der Waals surface area contributed by atoms with E-state index in [9.17, 15) is 4.79 Å². The van der Waals surface area contributed by atoms with Gasteiger partial charge in [0.25, 0.3) is 0 Å². The first-order valence-corrected chi connectivity index (χ1v) is 5.05. The number of carbonyl (C=O) groups is 1. The molecule has 0 spiro atoms. The van der Waals surface area contributed by atoms with Crippen LogP contribution < -0.4 is 5.73 Å². The van der Waals surface area contributed by atoms with Crippen molar-refractivity contribution in [3.63, 3.8) is 0 Å². The van der Waals surface area contributed by atoms with Gasteiger partial charge in [0.1, 0.15) is 12.1 Å². The molecule has 2 atom stereocenters. The third kappa shape index (κ3) is 4.00. The van der Waals surface area contributed by atoms with Crippen LogP contribution in [-0.2, 0) is 20.7 Å². The monoisotopic (exact) mass is 227 g/mol. The lowest BCUT2D eigenvalue weighted by molar-refractivity contribution is -0.152. The summed E-state index contributed by atoms with van der Waals surface area (Å²) in [4.78, 5) is 18.2.